The van der Waals surface area contributed by atoms with Crippen LogP contribution in [0.4, 0.5) is 0 Å². The molecule has 0 N–H and O–H groups in total. The zero-order chi connectivity index (χ0) is 8.04. The number of hydrogen-bond donors (Lipinski definition) is 0. The van der Waals surface area contributed by atoms with Crippen LogP contribution in [0.2, 0.25) is 0 Å². The minimum atomic E-state index is -0.449. The number of hydrogen-bond acceptors (Lipinski definition) is 3. The molecule has 0 rings (SSSR count). The quantitative estimate of drug-likeness (QED) is 0.414. The molecule has 0 aliphatic carbocycles. The maximum atomic E-state index is 8.27. The van der Waals surface area contributed by atoms with Gasteiger partial charge in [0.2, 0.25) is 0 Å². The lowest BCUT2D eigenvalue weighted by Crippen LogP contribution is -2.33. The molecule has 0 unspecified atom stereocenters. The Morgan fingerprint density at radius 2 is 2.00 bits per heavy atom. The average molecular weight is 159 g/mol. The van der Waals surface area contributed by atoms with Crippen LogP contribution in [-0.2, 0) is 9.47 Å². The Labute approximate surface area is 64.4 Å². The molecule has 3 nitrogen and oxygen atoms in total. The number of nitrogens with zero attached hydrogens (tertiary/aromatic N) is 1. The number of rotatable bonds is 4. The smallest absolute Gasteiger partial charge is 0.141 e. The SMILES string of the molecule is COC([SiH3])(CCC#N)OC. The Hall–Kier alpha value is -0.373. The molecule has 0 aromatic rings. The van der Waals surface area contributed by atoms with Crippen molar-refractivity contribution < 1.29 is 9.47 Å². The summed E-state index contributed by atoms with van der Waals surface area (Å²) in [7, 11) is 4.00. The average Bonchev–Trinajstić information content (AvgIpc) is 2.00. The van der Waals surface area contributed by atoms with Gasteiger partial charge in [0.05, 0.1) is 16.3 Å². The van der Waals surface area contributed by atoms with Crippen molar-refractivity contribution in [3.63, 3.8) is 0 Å². The van der Waals surface area contributed by atoms with E-state index in [0.29, 0.717) is 12.8 Å². The molecule has 10 heavy (non-hydrogen) atoms. The summed E-state index contributed by atoms with van der Waals surface area (Å²) >= 11 is 0. The molecule has 4 heteroatoms. The third-order valence-electron chi connectivity index (χ3n) is 1.55. The molecule has 0 bridgehead atoms. The van der Waals surface area contributed by atoms with E-state index in [-0.39, 0.29) is 0 Å². The van der Waals surface area contributed by atoms with Gasteiger partial charge in [-0.3, -0.25) is 0 Å². The number of ether oxygens (including phenoxy) is 2. The summed E-state index contributed by atoms with van der Waals surface area (Å²) in [5, 5.41) is 8.27. The molecule has 0 fully saturated rings. The summed E-state index contributed by atoms with van der Waals surface area (Å²) in [5.74, 6) is 0. The molecule has 0 aliphatic rings. The van der Waals surface area contributed by atoms with Crippen LogP contribution in [0.3, 0.4) is 0 Å². The van der Waals surface area contributed by atoms with Gasteiger partial charge in [-0.15, -0.1) is 0 Å². The van der Waals surface area contributed by atoms with Crippen LogP contribution in [0.15, 0.2) is 0 Å². The van der Waals surface area contributed by atoms with E-state index in [1.807, 2.05) is 0 Å². The third-order valence-corrected chi connectivity index (χ3v) is 2.87. The summed E-state index contributed by atoms with van der Waals surface area (Å²) in [6, 6.07) is 2.05. The van der Waals surface area contributed by atoms with Gasteiger partial charge in [-0.05, 0) is 0 Å². The lowest BCUT2D eigenvalue weighted by atomic mass is 10.3. The van der Waals surface area contributed by atoms with Crippen molar-refractivity contribution in [2.24, 2.45) is 0 Å². The van der Waals surface area contributed by atoms with Crippen LogP contribution in [-0.4, -0.2) is 29.9 Å². The van der Waals surface area contributed by atoms with Crippen molar-refractivity contribution >= 4 is 10.2 Å². The van der Waals surface area contributed by atoms with Crippen molar-refractivity contribution in [1.82, 2.24) is 0 Å². The zero-order valence-electron chi connectivity index (χ0n) is 6.68. The summed E-state index contributed by atoms with van der Waals surface area (Å²) < 4.78 is 10.2. The van der Waals surface area contributed by atoms with Gasteiger partial charge in [-0.25, -0.2) is 0 Å². The van der Waals surface area contributed by atoms with E-state index in [1.54, 1.807) is 14.2 Å². The first kappa shape index (κ1) is 9.63. The molecule has 0 spiro atoms. The van der Waals surface area contributed by atoms with Crippen molar-refractivity contribution in [1.29, 1.82) is 5.26 Å². The second-order valence-electron chi connectivity index (χ2n) is 2.20. The predicted octanol–water partition coefficient (Wildman–Crippen LogP) is -0.398. The molecule has 0 aromatic heterocycles. The van der Waals surface area contributed by atoms with Gasteiger partial charge in [0, 0.05) is 27.1 Å². The maximum absolute atomic E-state index is 8.27. The van der Waals surface area contributed by atoms with Crippen LogP contribution in [0.25, 0.3) is 0 Å². The van der Waals surface area contributed by atoms with Crippen LogP contribution in [0.1, 0.15) is 12.8 Å². The molecule has 0 heterocycles. The summed E-state index contributed by atoms with van der Waals surface area (Å²) in [6.07, 6.45) is 1.16. The second-order valence-corrected chi connectivity index (χ2v) is 3.72. The summed E-state index contributed by atoms with van der Waals surface area (Å²) in [4.78, 5) is 0. The first-order valence-electron chi connectivity index (χ1n) is 3.16. The topological polar surface area (TPSA) is 42.2 Å². The first-order valence-corrected chi connectivity index (χ1v) is 4.16. The molecule has 0 amide bonds. The van der Waals surface area contributed by atoms with Crippen molar-refractivity contribution in [3.8, 4) is 6.07 Å². The summed E-state index contributed by atoms with van der Waals surface area (Å²) in [6.45, 7) is 0. The van der Waals surface area contributed by atoms with Crippen molar-refractivity contribution in [2.75, 3.05) is 14.2 Å². The van der Waals surface area contributed by atoms with E-state index >= 15 is 0 Å². The fraction of sp³-hybridized carbons (Fsp3) is 0.833. The fourth-order valence-corrected chi connectivity index (χ4v) is 0.820. The normalized spacial score (nSPS) is 11.3. The van der Waals surface area contributed by atoms with Crippen LogP contribution in [0.5, 0.6) is 0 Å². The summed E-state index contributed by atoms with van der Waals surface area (Å²) in [5.41, 5.74) is -0.449. The van der Waals surface area contributed by atoms with Gasteiger partial charge in [0.25, 0.3) is 0 Å². The number of methoxy groups -OCH3 is 2. The van der Waals surface area contributed by atoms with E-state index in [2.05, 4.69) is 6.07 Å². The molecule has 0 aromatic carbocycles. The minimum Gasteiger partial charge on any atom is -0.358 e. The Morgan fingerprint density at radius 1 is 1.50 bits per heavy atom. The lowest BCUT2D eigenvalue weighted by molar-refractivity contribution is -0.144. The van der Waals surface area contributed by atoms with Gasteiger partial charge in [0.1, 0.15) is 5.41 Å². The van der Waals surface area contributed by atoms with Gasteiger partial charge >= 0.3 is 0 Å². The highest BCUT2D eigenvalue weighted by atomic mass is 28.1. The molecule has 58 valence electrons. The van der Waals surface area contributed by atoms with Crippen LogP contribution < -0.4 is 0 Å². The second kappa shape index (κ2) is 4.44. The highest BCUT2D eigenvalue weighted by Gasteiger charge is 2.20. The Kier molecular flexibility index (Phi) is 4.28. The monoisotopic (exact) mass is 159 g/mol. The van der Waals surface area contributed by atoms with Gasteiger partial charge in [0.15, 0.2) is 0 Å². The molecule has 0 saturated carbocycles. The van der Waals surface area contributed by atoms with Gasteiger partial charge in [-0.1, -0.05) is 0 Å². The Balaban J connectivity index is 3.71. The van der Waals surface area contributed by atoms with E-state index < -0.39 is 5.41 Å². The van der Waals surface area contributed by atoms with E-state index in [1.165, 1.54) is 0 Å². The molecule has 0 aliphatic heterocycles. The minimum absolute atomic E-state index is 0.449. The fourth-order valence-electron chi connectivity index (χ4n) is 0.570. The molecular weight excluding hydrogens is 146 g/mol. The largest absolute Gasteiger partial charge is 0.358 e. The van der Waals surface area contributed by atoms with Gasteiger partial charge in [-0.2, -0.15) is 5.26 Å². The Morgan fingerprint density at radius 3 is 2.30 bits per heavy atom. The highest BCUT2D eigenvalue weighted by molar-refractivity contribution is 6.13. The van der Waals surface area contributed by atoms with Crippen LogP contribution >= 0.6 is 0 Å². The lowest BCUT2D eigenvalue weighted by Gasteiger charge is -2.25. The maximum Gasteiger partial charge on any atom is 0.141 e. The van der Waals surface area contributed by atoms with Gasteiger partial charge < -0.3 is 9.47 Å². The standard InChI is InChI=1S/C6H13NO2Si/c1-8-6(10,9-2)4-3-5-7/h3-4H2,1-2,10H3. The van der Waals surface area contributed by atoms with E-state index in [0.717, 1.165) is 10.2 Å². The zero-order valence-corrected chi connectivity index (χ0v) is 8.68. The Bertz CT molecular complexity index is 128. The molecule has 0 saturated heterocycles. The first-order chi connectivity index (χ1) is 4.68. The molecular formula is C6H13NO2Si. The third kappa shape index (κ3) is 2.97. The molecule has 0 radical (unpaired) electrons. The highest BCUT2D eigenvalue weighted by Crippen LogP contribution is 2.12. The predicted molar refractivity (Wildman–Crippen MR) is 41.5 cm³/mol. The van der Waals surface area contributed by atoms with E-state index in [9.17, 15) is 0 Å². The van der Waals surface area contributed by atoms with Crippen molar-refractivity contribution in [2.45, 2.75) is 18.3 Å². The van der Waals surface area contributed by atoms with E-state index in [4.69, 9.17) is 14.7 Å². The number of nitriles is 1. The van der Waals surface area contributed by atoms with Crippen molar-refractivity contribution in [3.05, 3.63) is 0 Å². The van der Waals surface area contributed by atoms with Crippen LogP contribution in [0, 0.1) is 11.3 Å². The molecule has 0 atom stereocenters.